The first-order valence-corrected chi connectivity index (χ1v) is 7.48. The van der Waals surface area contributed by atoms with E-state index >= 15 is 0 Å². The summed E-state index contributed by atoms with van der Waals surface area (Å²) in [7, 11) is -0.530. The van der Waals surface area contributed by atoms with Gasteiger partial charge < -0.3 is 10.2 Å². The second-order valence-corrected chi connectivity index (χ2v) is 6.20. The van der Waals surface area contributed by atoms with Gasteiger partial charge in [-0.25, -0.2) is 0 Å². The third-order valence-corrected chi connectivity index (χ3v) is 4.00. The second kappa shape index (κ2) is 7.36. The van der Waals surface area contributed by atoms with Crippen molar-refractivity contribution in [3.05, 3.63) is 0 Å². The molecule has 0 bridgehead atoms. The van der Waals surface area contributed by atoms with Crippen molar-refractivity contribution in [3.63, 3.8) is 0 Å². The molecular weight excluding hydrogens is 208 g/mol. The maximum absolute atomic E-state index is 11.1. The van der Waals surface area contributed by atoms with E-state index in [9.17, 15) is 4.21 Å². The van der Waals surface area contributed by atoms with Gasteiger partial charge in [0.15, 0.2) is 0 Å². The van der Waals surface area contributed by atoms with Crippen LogP contribution in [-0.2, 0) is 10.8 Å². The maximum atomic E-state index is 11.1. The third-order valence-electron chi connectivity index (χ3n) is 2.72. The van der Waals surface area contributed by atoms with Gasteiger partial charge in [0.2, 0.25) is 0 Å². The van der Waals surface area contributed by atoms with Gasteiger partial charge in [0.25, 0.3) is 0 Å². The zero-order chi connectivity index (χ0) is 11.1. The molecule has 1 rings (SSSR count). The van der Waals surface area contributed by atoms with Crippen molar-refractivity contribution in [3.8, 4) is 0 Å². The lowest BCUT2D eigenvalue weighted by Gasteiger charge is -2.25. The first kappa shape index (κ1) is 13.1. The van der Waals surface area contributed by atoms with Crippen LogP contribution in [0.2, 0.25) is 0 Å². The van der Waals surface area contributed by atoms with Crippen LogP contribution >= 0.6 is 0 Å². The minimum atomic E-state index is -0.530. The van der Waals surface area contributed by atoms with Gasteiger partial charge in [-0.05, 0) is 25.9 Å². The van der Waals surface area contributed by atoms with Crippen molar-refractivity contribution in [1.82, 2.24) is 10.2 Å². The third kappa shape index (κ3) is 6.28. The second-order valence-electron chi connectivity index (χ2n) is 4.51. The molecule has 1 saturated heterocycles. The molecule has 15 heavy (non-hydrogen) atoms. The van der Waals surface area contributed by atoms with Crippen LogP contribution < -0.4 is 5.32 Å². The standard InChI is InChI=1S/C11H24N2OS/c1-11(2)12-5-3-4-6-13-7-9-15(14)10-8-13/h11-12H,3-10H2,1-2H3. The van der Waals surface area contributed by atoms with Crippen molar-refractivity contribution < 1.29 is 4.21 Å². The molecule has 0 amide bonds. The number of nitrogens with one attached hydrogen (secondary N) is 1. The Labute approximate surface area is 96.1 Å². The van der Waals surface area contributed by atoms with Gasteiger partial charge in [-0.1, -0.05) is 13.8 Å². The van der Waals surface area contributed by atoms with Crippen LogP contribution in [0.4, 0.5) is 0 Å². The number of hydrogen-bond acceptors (Lipinski definition) is 3. The molecule has 0 saturated carbocycles. The Morgan fingerprint density at radius 2 is 1.93 bits per heavy atom. The molecule has 0 radical (unpaired) electrons. The normalized spacial score (nSPS) is 19.9. The summed E-state index contributed by atoms with van der Waals surface area (Å²) in [4.78, 5) is 2.44. The summed E-state index contributed by atoms with van der Waals surface area (Å²) in [5.41, 5.74) is 0. The van der Waals surface area contributed by atoms with Crippen molar-refractivity contribution in [2.45, 2.75) is 32.7 Å². The van der Waals surface area contributed by atoms with Gasteiger partial charge in [0, 0.05) is 41.4 Å². The Balaban J connectivity index is 1.94. The first-order valence-electron chi connectivity index (χ1n) is 5.99. The van der Waals surface area contributed by atoms with E-state index in [1.165, 1.54) is 19.4 Å². The summed E-state index contributed by atoms with van der Waals surface area (Å²) < 4.78 is 11.1. The smallest absolute Gasteiger partial charge is 0.0363 e. The zero-order valence-corrected chi connectivity index (χ0v) is 10.8. The van der Waals surface area contributed by atoms with E-state index in [-0.39, 0.29) is 0 Å². The van der Waals surface area contributed by atoms with Crippen molar-refractivity contribution >= 4 is 10.8 Å². The molecule has 1 aliphatic heterocycles. The van der Waals surface area contributed by atoms with E-state index < -0.39 is 10.8 Å². The van der Waals surface area contributed by atoms with E-state index in [0.717, 1.165) is 31.1 Å². The number of hydrogen-bond donors (Lipinski definition) is 1. The number of rotatable bonds is 6. The van der Waals surface area contributed by atoms with E-state index in [4.69, 9.17) is 0 Å². The molecule has 90 valence electrons. The lowest BCUT2D eigenvalue weighted by atomic mass is 10.2. The van der Waals surface area contributed by atoms with Crippen LogP contribution in [0, 0.1) is 0 Å². The van der Waals surface area contributed by atoms with Gasteiger partial charge >= 0.3 is 0 Å². The fourth-order valence-corrected chi connectivity index (χ4v) is 2.88. The Morgan fingerprint density at radius 3 is 2.53 bits per heavy atom. The lowest BCUT2D eigenvalue weighted by molar-refractivity contribution is 0.291. The highest BCUT2D eigenvalue weighted by Gasteiger charge is 2.13. The molecule has 0 aliphatic carbocycles. The summed E-state index contributed by atoms with van der Waals surface area (Å²) in [6, 6.07) is 0.599. The van der Waals surface area contributed by atoms with Gasteiger partial charge in [-0.15, -0.1) is 0 Å². The van der Waals surface area contributed by atoms with Crippen LogP contribution in [0.3, 0.4) is 0 Å². The van der Waals surface area contributed by atoms with Crippen molar-refractivity contribution in [2.24, 2.45) is 0 Å². The maximum Gasteiger partial charge on any atom is 0.0363 e. The molecule has 0 aromatic heterocycles. The van der Waals surface area contributed by atoms with Gasteiger partial charge in [-0.2, -0.15) is 0 Å². The monoisotopic (exact) mass is 232 g/mol. The molecule has 0 aromatic carbocycles. The molecule has 4 heteroatoms. The quantitative estimate of drug-likeness (QED) is 0.689. The van der Waals surface area contributed by atoms with Crippen molar-refractivity contribution in [2.75, 3.05) is 37.7 Å². The number of nitrogens with zero attached hydrogens (tertiary/aromatic N) is 1. The fraction of sp³-hybridized carbons (Fsp3) is 1.00. The van der Waals surface area contributed by atoms with Crippen LogP contribution in [0.25, 0.3) is 0 Å². The van der Waals surface area contributed by atoms with E-state index in [0.29, 0.717) is 6.04 Å². The van der Waals surface area contributed by atoms with Crippen LogP contribution in [0.1, 0.15) is 26.7 Å². The van der Waals surface area contributed by atoms with E-state index in [1.807, 2.05) is 0 Å². The highest BCUT2D eigenvalue weighted by molar-refractivity contribution is 7.85. The first-order chi connectivity index (χ1) is 7.18. The molecular formula is C11H24N2OS. The fourth-order valence-electron chi connectivity index (χ4n) is 1.75. The summed E-state index contributed by atoms with van der Waals surface area (Å²) in [5.74, 6) is 1.76. The molecule has 1 heterocycles. The van der Waals surface area contributed by atoms with E-state index in [2.05, 4.69) is 24.1 Å². The molecule has 0 spiro atoms. The highest BCUT2D eigenvalue weighted by atomic mass is 32.2. The average Bonchev–Trinajstić information content (AvgIpc) is 2.20. The molecule has 1 fully saturated rings. The largest absolute Gasteiger partial charge is 0.315 e. The minimum Gasteiger partial charge on any atom is -0.315 e. The average molecular weight is 232 g/mol. The zero-order valence-electron chi connectivity index (χ0n) is 10.00. The molecule has 0 atom stereocenters. The molecule has 1 aliphatic rings. The topological polar surface area (TPSA) is 32.3 Å². The lowest BCUT2D eigenvalue weighted by Crippen LogP contribution is -2.38. The molecule has 0 unspecified atom stereocenters. The van der Waals surface area contributed by atoms with Crippen LogP contribution in [-0.4, -0.2) is 52.8 Å². The van der Waals surface area contributed by atoms with Crippen molar-refractivity contribution in [1.29, 1.82) is 0 Å². The molecule has 3 nitrogen and oxygen atoms in total. The Hall–Kier alpha value is 0.0700. The predicted molar refractivity (Wildman–Crippen MR) is 66.7 cm³/mol. The SMILES string of the molecule is CC(C)NCCCCN1CCS(=O)CC1. The molecule has 1 N–H and O–H groups in total. The predicted octanol–water partition coefficient (Wildman–Crippen LogP) is 0.829. The van der Waals surface area contributed by atoms with Gasteiger partial charge in [0.1, 0.15) is 0 Å². The van der Waals surface area contributed by atoms with Crippen LogP contribution in [0.15, 0.2) is 0 Å². The van der Waals surface area contributed by atoms with E-state index in [1.54, 1.807) is 0 Å². The summed E-state index contributed by atoms with van der Waals surface area (Å²) in [5, 5.41) is 3.42. The summed E-state index contributed by atoms with van der Waals surface area (Å²) in [6.07, 6.45) is 2.50. The Bertz CT molecular complexity index is 187. The van der Waals surface area contributed by atoms with Crippen LogP contribution in [0.5, 0.6) is 0 Å². The minimum absolute atomic E-state index is 0.530. The molecule has 0 aromatic rings. The van der Waals surface area contributed by atoms with Gasteiger partial charge in [0.05, 0.1) is 0 Å². The summed E-state index contributed by atoms with van der Waals surface area (Å²) >= 11 is 0. The Kier molecular flexibility index (Phi) is 6.45. The Morgan fingerprint density at radius 1 is 1.27 bits per heavy atom. The number of unbranched alkanes of at least 4 members (excludes halogenated alkanes) is 1. The highest BCUT2D eigenvalue weighted by Crippen LogP contribution is 2.01. The van der Waals surface area contributed by atoms with Gasteiger partial charge in [-0.3, -0.25) is 4.21 Å². The summed E-state index contributed by atoms with van der Waals surface area (Å²) in [6.45, 7) is 8.72.